The third kappa shape index (κ3) is 5.71. The summed E-state index contributed by atoms with van der Waals surface area (Å²) in [5.74, 6) is 2.83. The lowest BCUT2D eigenvalue weighted by Gasteiger charge is -2.34. The van der Waals surface area contributed by atoms with Crippen LogP contribution in [0.25, 0.3) is 11.1 Å². The Balaban J connectivity index is 1.53. The molecule has 3 unspecified atom stereocenters. The third-order valence-electron chi connectivity index (χ3n) is 6.90. The number of unbranched alkanes of at least 4 members (excludes halogenated alkanes) is 1. The summed E-state index contributed by atoms with van der Waals surface area (Å²) >= 11 is 0. The average Bonchev–Trinajstić information content (AvgIpc) is 2.72. The van der Waals surface area contributed by atoms with Crippen molar-refractivity contribution in [2.75, 3.05) is 0 Å². The van der Waals surface area contributed by atoms with Gasteiger partial charge in [0.15, 0.2) is 0 Å². The SMILES string of the molecule is CCCCc1ccc(-c2ccc(CCC3CCC(CC)CC3C)cc2)cc1. The van der Waals surface area contributed by atoms with Gasteiger partial charge in [0.25, 0.3) is 0 Å². The molecule has 2 aromatic rings. The van der Waals surface area contributed by atoms with Gasteiger partial charge in [0.2, 0.25) is 0 Å². The number of benzene rings is 2. The summed E-state index contributed by atoms with van der Waals surface area (Å²) in [5.41, 5.74) is 5.65. The third-order valence-corrected chi connectivity index (χ3v) is 6.90. The van der Waals surface area contributed by atoms with E-state index in [9.17, 15) is 0 Å². The van der Waals surface area contributed by atoms with Gasteiger partial charge in [-0.15, -0.1) is 0 Å². The van der Waals surface area contributed by atoms with Gasteiger partial charge in [-0.25, -0.2) is 0 Å². The van der Waals surface area contributed by atoms with E-state index in [0.29, 0.717) is 0 Å². The summed E-state index contributed by atoms with van der Waals surface area (Å²) < 4.78 is 0. The van der Waals surface area contributed by atoms with Crippen LogP contribution in [0.15, 0.2) is 48.5 Å². The number of rotatable bonds is 8. The van der Waals surface area contributed by atoms with Gasteiger partial charge >= 0.3 is 0 Å². The molecule has 0 saturated heterocycles. The molecular weight excluding hydrogens is 324 g/mol. The van der Waals surface area contributed by atoms with Crippen molar-refractivity contribution in [3.05, 3.63) is 59.7 Å². The lowest BCUT2D eigenvalue weighted by Crippen LogP contribution is -2.23. The summed E-state index contributed by atoms with van der Waals surface area (Å²) in [6.45, 7) is 7.10. The molecule has 1 aliphatic carbocycles. The van der Waals surface area contributed by atoms with E-state index < -0.39 is 0 Å². The summed E-state index contributed by atoms with van der Waals surface area (Å²) in [6.07, 6.45) is 12.1. The predicted molar refractivity (Wildman–Crippen MR) is 119 cm³/mol. The Morgan fingerprint density at radius 3 is 1.89 bits per heavy atom. The maximum atomic E-state index is 2.49. The van der Waals surface area contributed by atoms with Gasteiger partial charge in [0, 0.05) is 0 Å². The Morgan fingerprint density at radius 2 is 1.37 bits per heavy atom. The largest absolute Gasteiger partial charge is 0.0654 e. The van der Waals surface area contributed by atoms with Crippen LogP contribution in [-0.2, 0) is 12.8 Å². The van der Waals surface area contributed by atoms with Crippen molar-refractivity contribution in [3.8, 4) is 11.1 Å². The molecule has 0 nitrogen and oxygen atoms in total. The van der Waals surface area contributed by atoms with Crippen LogP contribution in [0, 0.1) is 17.8 Å². The Labute approximate surface area is 167 Å². The van der Waals surface area contributed by atoms with Gasteiger partial charge in [-0.2, -0.15) is 0 Å². The fraction of sp³-hybridized carbons (Fsp3) is 0.556. The zero-order valence-electron chi connectivity index (χ0n) is 17.7. The normalized spacial score (nSPS) is 22.7. The molecule has 0 heterocycles. The second-order valence-electron chi connectivity index (χ2n) is 8.86. The molecule has 3 rings (SSSR count). The molecule has 0 aromatic heterocycles. The van der Waals surface area contributed by atoms with E-state index in [1.807, 2.05) is 0 Å². The van der Waals surface area contributed by atoms with E-state index in [1.54, 1.807) is 0 Å². The highest BCUT2D eigenvalue weighted by atomic mass is 14.3. The van der Waals surface area contributed by atoms with Crippen LogP contribution in [-0.4, -0.2) is 0 Å². The first-order valence-corrected chi connectivity index (χ1v) is 11.4. The van der Waals surface area contributed by atoms with Crippen molar-refractivity contribution >= 4 is 0 Å². The zero-order valence-corrected chi connectivity index (χ0v) is 17.7. The average molecular weight is 363 g/mol. The van der Waals surface area contributed by atoms with Crippen molar-refractivity contribution in [1.82, 2.24) is 0 Å². The zero-order chi connectivity index (χ0) is 19.1. The fourth-order valence-electron chi connectivity index (χ4n) is 4.83. The fourth-order valence-corrected chi connectivity index (χ4v) is 4.83. The van der Waals surface area contributed by atoms with E-state index in [0.717, 1.165) is 17.8 Å². The molecule has 1 saturated carbocycles. The molecular formula is C27H38. The lowest BCUT2D eigenvalue weighted by molar-refractivity contribution is 0.181. The van der Waals surface area contributed by atoms with Gasteiger partial charge < -0.3 is 0 Å². The van der Waals surface area contributed by atoms with Gasteiger partial charge in [-0.1, -0.05) is 88.6 Å². The number of hydrogen-bond acceptors (Lipinski definition) is 0. The minimum absolute atomic E-state index is 0.911. The number of aryl methyl sites for hydroxylation is 2. The number of hydrogen-bond donors (Lipinski definition) is 0. The molecule has 0 aliphatic heterocycles. The van der Waals surface area contributed by atoms with Crippen LogP contribution in [0.3, 0.4) is 0 Å². The molecule has 27 heavy (non-hydrogen) atoms. The molecule has 0 spiro atoms. The monoisotopic (exact) mass is 362 g/mol. The minimum Gasteiger partial charge on any atom is -0.0654 e. The Bertz CT molecular complexity index is 664. The summed E-state index contributed by atoms with van der Waals surface area (Å²) in [4.78, 5) is 0. The van der Waals surface area contributed by atoms with Crippen LogP contribution in [0.4, 0.5) is 0 Å². The first-order chi connectivity index (χ1) is 13.2. The van der Waals surface area contributed by atoms with Gasteiger partial charge in [0.1, 0.15) is 0 Å². The van der Waals surface area contributed by atoms with Gasteiger partial charge in [-0.05, 0) is 78.5 Å². The summed E-state index contributed by atoms with van der Waals surface area (Å²) in [7, 11) is 0. The predicted octanol–water partition coefficient (Wildman–Crippen LogP) is 8.09. The van der Waals surface area contributed by atoms with Crippen molar-refractivity contribution in [2.45, 2.75) is 78.6 Å². The molecule has 2 aromatic carbocycles. The Kier molecular flexibility index (Phi) is 7.56. The van der Waals surface area contributed by atoms with Gasteiger partial charge in [-0.3, -0.25) is 0 Å². The van der Waals surface area contributed by atoms with Crippen molar-refractivity contribution in [2.24, 2.45) is 17.8 Å². The van der Waals surface area contributed by atoms with Crippen LogP contribution >= 0.6 is 0 Å². The first kappa shape index (κ1) is 20.2. The van der Waals surface area contributed by atoms with Gasteiger partial charge in [0.05, 0.1) is 0 Å². The minimum atomic E-state index is 0.911. The standard InChI is InChI=1S/C27H38/c1-4-6-7-23-10-16-26(17-11-23)27-18-12-24(13-19-27)9-15-25-14-8-22(5-2)20-21(25)3/h10-13,16-19,21-22,25H,4-9,14-15,20H2,1-3H3. The second kappa shape index (κ2) is 10.1. The molecule has 0 radical (unpaired) electrons. The molecule has 0 heteroatoms. The first-order valence-electron chi connectivity index (χ1n) is 11.4. The van der Waals surface area contributed by atoms with E-state index in [2.05, 4.69) is 69.3 Å². The molecule has 3 atom stereocenters. The van der Waals surface area contributed by atoms with Crippen molar-refractivity contribution in [1.29, 1.82) is 0 Å². The Hall–Kier alpha value is -1.56. The highest BCUT2D eigenvalue weighted by molar-refractivity contribution is 5.63. The molecule has 0 amide bonds. The smallest absolute Gasteiger partial charge is 0.0184 e. The lowest BCUT2D eigenvalue weighted by atomic mass is 9.72. The van der Waals surface area contributed by atoms with E-state index >= 15 is 0 Å². The topological polar surface area (TPSA) is 0 Å². The Morgan fingerprint density at radius 1 is 0.778 bits per heavy atom. The van der Waals surface area contributed by atoms with E-state index in [-0.39, 0.29) is 0 Å². The van der Waals surface area contributed by atoms with Crippen LogP contribution in [0.1, 0.15) is 76.8 Å². The summed E-state index contributed by atoms with van der Waals surface area (Å²) in [6, 6.07) is 18.5. The maximum absolute atomic E-state index is 2.49. The van der Waals surface area contributed by atoms with Crippen molar-refractivity contribution < 1.29 is 0 Å². The van der Waals surface area contributed by atoms with Crippen LogP contribution < -0.4 is 0 Å². The van der Waals surface area contributed by atoms with Crippen molar-refractivity contribution in [3.63, 3.8) is 0 Å². The maximum Gasteiger partial charge on any atom is -0.0184 e. The summed E-state index contributed by atoms with van der Waals surface area (Å²) in [5, 5.41) is 0. The second-order valence-corrected chi connectivity index (χ2v) is 8.86. The quantitative estimate of drug-likeness (QED) is 0.445. The van der Waals surface area contributed by atoms with Crippen LogP contribution in [0.5, 0.6) is 0 Å². The highest BCUT2D eigenvalue weighted by Crippen LogP contribution is 2.37. The van der Waals surface area contributed by atoms with E-state index in [1.165, 1.54) is 80.0 Å². The molecule has 146 valence electrons. The highest BCUT2D eigenvalue weighted by Gasteiger charge is 2.26. The van der Waals surface area contributed by atoms with E-state index in [4.69, 9.17) is 0 Å². The molecule has 0 N–H and O–H groups in total. The molecule has 1 aliphatic rings. The van der Waals surface area contributed by atoms with Crippen LogP contribution in [0.2, 0.25) is 0 Å². The molecule has 0 bridgehead atoms. The molecule has 1 fully saturated rings.